The minimum atomic E-state index is -3.81. The lowest BCUT2D eigenvalue weighted by Gasteiger charge is -2.45. The van der Waals surface area contributed by atoms with Crippen LogP contribution in [0.15, 0.2) is 18.2 Å². The molecule has 1 spiro atoms. The second-order valence-electron chi connectivity index (χ2n) is 11.7. The molecule has 4 heterocycles. The van der Waals surface area contributed by atoms with Gasteiger partial charge in [0.15, 0.2) is 6.10 Å². The summed E-state index contributed by atoms with van der Waals surface area (Å²) in [6, 6.07) is 4.96. The van der Waals surface area contributed by atoms with E-state index in [1.807, 2.05) is 4.90 Å². The predicted octanol–water partition coefficient (Wildman–Crippen LogP) is 1.86. The molecule has 1 N–H and O–H groups in total. The van der Waals surface area contributed by atoms with Crippen molar-refractivity contribution in [3.05, 3.63) is 23.8 Å². The van der Waals surface area contributed by atoms with Gasteiger partial charge in [-0.25, -0.2) is 0 Å². The van der Waals surface area contributed by atoms with Gasteiger partial charge in [-0.15, -0.1) is 0 Å². The van der Waals surface area contributed by atoms with Gasteiger partial charge in [0.2, 0.25) is 11.8 Å². The van der Waals surface area contributed by atoms with Crippen molar-refractivity contribution >= 4 is 40.5 Å². The van der Waals surface area contributed by atoms with Crippen LogP contribution in [-0.4, -0.2) is 98.5 Å². The van der Waals surface area contributed by atoms with Crippen LogP contribution in [0, 0.1) is 0 Å². The minimum absolute atomic E-state index is 0.0372. The lowest BCUT2D eigenvalue weighted by Crippen LogP contribution is -2.53. The van der Waals surface area contributed by atoms with Crippen molar-refractivity contribution in [1.82, 2.24) is 15.1 Å². The topological polar surface area (TPSA) is 132 Å². The number of carbonyl (C=O) groups is 3. The quantitative estimate of drug-likeness (QED) is 0.270. The largest absolute Gasteiger partial charge is 0.480 e. The minimum Gasteiger partial charge on any atom is -0.480 e. The van der Waals surface area contributed by atoms with Gasteiger partial charge in [-0.2, -0.15) is 21.0 Å². The fourth-order valence-corrected chi connectivity index (χ4v) is 7.23. The molecule has 0 aliphatic carbocycles. The lowest BCUT2D eigenvalue weighted by atomic mass is 9.84. The molecule has 11 nitrogen and oxygen atoms in total. The molecule has 4 fully saturated rings. The van der Waals surface area contributed by atoms with Crippen LogP contribution < -0.4 is 14.2 Å². The highest BCUT2D eigenvalue weighted by atomic mass is 32.2. The first kappa shape index (κ1) is 30.1. The van der Waals surface area contributed by atoms with E-state index in [1.54, 1.807) is 12.1 Å². The van der Waals surface area contributed by atoms with Crippen LogP contribution in [0.25, 0.3) is 0 Å². The number of benzene rings is 1. The van der Waals surface area contributed by atoms with Gasteiger partial charge < -0.3 is 18.6 Å². The Bertz CT molecular complexity index is 1260. The molecule has 3 amide bonds. The number of nitrogens with one attached hydrogen (secondary N) is 1. The van der Waals surface area contributed by atoms with Crippen LogP contribution in [-0.2, 0) is 29.2 Å². The molecule has 13 heteroatoms. The van der Waals surface area contributed by atoms with Crippen LogP contribution in [0.3, 0.4) is 0 Å². The van der Waals surface area contributed by atoms with Crippen molar-refractivity contribution in [2.75, 3.05) is 45.6 Å². The molecule has 0 bridgehead atoms. The van der Waals surface area contributed by atoms with Crippen molar-refractivity contribution in [3.63, 3.8) is 0 Å². The second kappa shape index (κ2) is 12.5. The zero-order valence-corrected chi connectivity index (χ0v) is 25.1. The van der Waals surface area contributed by atoms with E-state index in [0.717, 1.165) is 57.0 Å². The Morgan fingerprint density at radius 3 is 2.51 bits per heavy atom. The fourth-order valence-electron chi connectivity index (χ4n) is 6.32. The number of thiol groups is 1. The molecule has 0 radical (unpaired) electrons. The van der Waals surface area contributed by atoms with Crippen molar-refractivity contribution in [2.45, 2.75) is 74.2 Å². The summed E-state index contributed by atoms with van der Waals surface area (Å²) in [6.07, 6.45) is 5.66. The molecule has 2 atom stereocenters. The average Bonchev–Trinajstić information content (AvgIpc) is 2.90. The van der Waals surface area contributed by atoms with Gasteiger partial charge >= 0.3 is 10.1 Å². The third-order valence-electron chi connectivity index (χ3n) is 8.57. The van der Waals surface area contributed by atoms with Crippen LogP contribution in [0.4, 0.5) is 0 Å². The van der Waals surface area contributed by atoms with E-state index in [-0.39, 0.29) is 47.7 Å². The highest BCUT2D eigenvalue weighted by Gasteiger charge is 2.40. The Morgan fingerprint density at radius 1 is 1.12 bits per heavy atom. The number of rotatable bonds is 7. The Morgan fingerprint density at radius 2 is 1.85 bits per heavy atom. The number of amides is 3. The zero-order valence-electron chi connectivity index (χ0n) is 23.4. The molecule has 4 aliphatic rings. The van der Waals surface area contributed by atoms with E-state index >= 15 is 0 Å². The predicted molar refractivity (Wildman–Crippen MR) is 154 cm³/mol. The van der Waals surface area contributed by atoms with Gasteiger partial charge in [0.1, 0.15) is 11.5 Å². The summed E-state index contributed by atoms with van der Waals surface area (Å²) in [5.41, 5.74) is 0.613. The van der Waals surface area contributed by atoms with Gasteiger partial charge in [0.05, 0.1) is 18.4 Å². The van der Waals surface area contributed by atoms with E-state index in [0.29, 0.717) is 38.0 Å². The van der Waals surface area contributed by atoms with E-state index in [2.05, 4.69) is 22.8 Å². The summed E-state index contributed by atoms with van der Waals surface area (Å²) in [5, 5.41) is 2.61. The van der Waals surface area contributed by atoms with E-state index < -0.39 is 22.1 Å². The SMILES string of the molecule is CS(=O)(=O)Oc1cc(OC2CCC(=O)NC2=O)ccc1C1CCN(CC(=O)N2CCC3(CC2)CC(S)CCO3)CC1. The lowest BCUT2D eigenvalue weighted by molar-refractivity contribution is -0.143. The molecular weight excluding hydrogens is 570 g/mol. The first-order valence-electron chi connectivity index (χ1n) is 14.3. The van der Waals surface area contributed by atoms with Crippen molar-refractivity contribution in [2.24, 2.45) is 0 Å². The molecule has 1 aromatic carbocycles. The Balaban J connectivity index is 1.16. The zero-order chi connectivity index (χ0) is 29.2. The van der Waals surface area contributed by atoms with Crippen LogP contribution in [0.2, 0.25) is 0 Å². The van der Waals surface area contributed by atoms with Crippen LogP contribution in [0.5, 0.6) is 11.5 Å². The average molecular weight is 610 g/mol. The van der Waals surface area contributed by atoms with Crippen molar-refractivity contribution < 1.29 is 36.5 Å². The summed E-state index contributed by atoms with van der Waals surface area (Å²) in [5.74, 6) is -0.234. The van der Waals surface area contributed by atoms with E-state index in [9.17, 15) is 22.8 Å². The second-order valence-corrected chi connectivity index (χ2v) is 14.0. The number of likely N-dealkylation sites (tertiary alicyclic amines) is 2. The summed E-state index contributed by atoms with van der Waals surface area (Å²) in [6.45, 7) is 3.91. The van der Waals surface area contributed by atoms with Crippen molar-refractivity contribution in [1.29, 1.82) is 0 Å². The molecule has 4 saturated heterocycles. The first-order chi connectivity index (χ1) is 19.5. The van der Waals surface area contributed by atoms with Crippen LogP contribution in [0.1, 0.15) is 62.8 Å². The summed E-state index contributed by atoms with van der Waals surface area (Å²) < 4.78 is 41.3. The standard InChI is InChI=1S/C28H39N3O8S2/c1-41(35,36)39-24-16-20(38-23-4-5-25(32)29-27(23)34)2-3-22(24)19-6-11-30(12-7-19)18-26(33)31-13-9-28(10-14-31)17-21(40)8-15-37-28/h2-3,16,19,21,23,40H,4-15,17-18H2,1H3,(H,29,32,34). The number of hydrogen-bond acceptors (Lipinski definition) is 10. The highest BCUT2D eigenvalue weighted by Crippen LogP contribution is 2.39. The van der Waals surface area contributed by atoms with E-state index in [4.69, 9.17) is 13.7 Å². The number of hydrogen-bond donors (Lipinski definition) is 2. The van der Waals surface area contributed by atoms with Gasteiger partial charge in [-0.05, 0) is 69.2 Å². The molecule has 1 aromatic rings. The highest BCUT2D eigenvalue weighted by molar-refractivity contribution is 7.86. The number of nitrogens with zero attached hydrogens (tertiary/aromatic N) is 2. The number of ether oxygens (including phenoxy) is 2. The molecule has 0 aromatic heterocycles. The van der Waals surface area contributed by atoms with Crippen molar-refractivity contribution in [3.8, 4) is 11.5 Å². The number of carbonyl (C=O) groups excluding carboxylic acids is 3. The van der Waals surface area contributed by atoms with Crippen LogP contribution >= 0.6 is 12.6 Å². The van der Waals surface area contributed by atoms with E-state index in [1.165, 1.54) is 6.07 Å². The molecule has 5 rings (SSSR count). The summed E-state index contributed by atoms with van der Waals surface area (Å²) in [7, 11) is -3.81. The van der Waals surface area contributed by atoms with Gasteiger partial charge in [0, 0.05) is 43.9 Å². The molecule has 4 aliphatic heterocycles. The van der Waals surface area contributed by atoms with Gasteiger partial charge in [-0.3, -0.25) is 24.6 Å². The Labute approximate surface area is 246 Å². The van der Waals surface area contributed by atoms with Gasteiger partial charge in [-0.1, -0.05) is 6.07 Å². The maximum Gasteiger partial charge on any atom is 0.306 e. The maximum absolute atomic E-state index is 13.1. The number of piperidine rings is 3. The monoisotopic (exact) mass is 609 g/mol. The summed E-state index contributed by atoms with van der Waals surface area (Å²) in [4.78, 5) is 40.7. The summed E-state index contributed by atoms with van der Waals surface area (Å²) >= 11 is 4.66. The maximum atomic E-state index is 13.1. The third kappa shape index (κ3) is 7.74. The Hall–Kier alpha value is -2.35. The third-order valence-corrected chi connectivity index (χ3v) is 9.50. The number of imide groups is 1. The molecular formula is C28H39N3O8S2. The molecule has 226 valence electrons. The normalized spacial score (nSPS) is 26.0. The molecule has 41 heavy (non-hydrogen) atoms. The smallest absolute Gasteiger partial charge is 0.306 e. The first-order valence-corrected chi connectivity index (χ1v) is 16.7. The Kier molecular flexibility index (Phi) is 9.17. The molecule has 2 unspecified atom stereocenters. The van der Waals surface area contributed by atoms with Gasteiger partial charge in [0.25, 0.3) is 5.91 Å². The molecule has 0 saturated carbocycles. The fraction of sp³-hybridized carbons (Fsp3) is 0.679.